The fourth-order valence-electron chi connectivity index (χ4n) is 2.33. The maximum atomic E-state index is 9.80. The van der Waals surface area contributed by atoms with Crippen molar-refractivity contribution in [3.8, 4) is 28.7 Å². The standard InChI is InChI=1S/C17H20O5/c1-20-15-7-6-11(10-16(15)21-2)4-5-12-8-13(18)17(22-3)14(19)9-12/h6-10,18-19H,4-5H2,1-3H3. The normalized spacial score (nSPS) is 10.3. The van der Waals surface area contributed by atoms with Crippen LogP contribution in [0.15, 0.2) is 30.3 Å². The van der Waals surface area contributed by atoms with Crippen LogP contribution in [0.25, 0.3) is 0 Å². The zero-order chi connectivity index (χ0) is 16.1. The van der Waals surface area contributed by atoms with Crippen LogP contribution in [-0.2, 0) is 12.8 Å². The maximum absolute atomic E-state index is 9.80. The second-order valence-electron chi connectivity index (χ2n) is 4.86. The number of hydrogen-bond donors (Lipinski definition) is 2. The molecule has 0 spiro atoms. The lowest BCUT2D eigenvalue weighted by atomic mass is 10.0. The van der Waals surface area contributed by atoms with Crippen molar-refractivity contribution in [2.45, 2.75) is 12.8 Å². The zero-order valence-electron chi connectivity index (χ0n) is 12.9. The highest BCUT2D eigenvalue weighted by molar-refractivity contribution is 5.52. The molecule has 2 N–H and O–H groups in total. The maximum Gasteiger partial charge on any atom is 0.202 e. The van der Waals surface area contributed by atoms with Gasteiger partial charge in [0.1, 0.15) is 0 Å². The van der Waals surface area contributed by atoms with Gasteiger partial charge >= 0.3 is 0 Å². The van der Waals surface area contributed by atoms with Gasteiger partial charge in [0.25, 0.3) is 0 Å². The highest BCUT2D eigenvalue weighted by atomic mass is 16.5. The lowest BCUT2D eigenvalue weighted by Gasteiger charge is -2.11. The molecule has 0 aliphatic heterocycles. The summed E-state index contributed by atoms with van der Waals surface area (Å²) in [5.41, 5.74) is 1.90. The molecule has 118 valence electrons. The van der Waals surface area contributed by atoms with E-state index in [4.69, 9.17) is 14.2 Å². The van der Waals surface area contributed by atoms with Crippen molar-refractivity contribution in [2.75, 3.05) is 21.3 Å². The summed E-state index contributed by atoms with van der Waals surface area (Å²) in [6, 6.07) is 8.93. The molecule has 22 heavy (non-hydrogen) atoms. The Balaban J connectivity index is 2.13. The first kappa shape index (κ1) is 15.8. The summed E-state index contributed by atoms with van der Waals surface area (Å²) in [4.78, 5) is 0. The van der Waals surface area contributed by atoms with Gasteiger partial charge in [-0.25, -0.2) is 0 Å². The molecular formula is C17H20O5. The summed E-state index contributed by atoms with van der Waals surface area (Å²) in [6.07, 6.45) is 1.41. The first-order chi connectivity index (χ1) is 10.6. The molecule has 2 aromatic carbocycles. The second-order valence-corrected chi connectivity index (χ2v) is 4.86. The van der Waals surface area contributed by atoms with Crippen molar-refractivity contribution >= 4 is 0 Å². The SMILES string of the molecule is COc1ccc(CCc2cc(O)c(OC)c(O)c2)cc1OC. The van der Waals surface area contributed by atoms with Crippen molar-refractivity contribution < 1.29 is 24.4 Å². The van der Waals surface area contributed by atoms with E-state index in [1.54, 1.807) is 26.4 Å². The Bertz CT molecular complexity index is 628. The first-order valence-corrected chi connectivity index (χ1v) is 6.88. The number of phenolic OH excluding ortho intramolecular Hbond substituents is 2. The van der Waals surface area contributed by atoms with Crippen molar-refractivity contribution in [1.82, 2.24) is 0 Å². The van der Waals surface area contributed by atoms with Gasteiger partial charge in [-0.3, -0.25) is 0 Å². The molecule has 0 heterocycles. The summed E-state index contributed by atoms with van der Waals surface area (Å²) in [7, 11) is 4.60. The topological polar surface area (TPSA) is 68.2 Å². The van der Waals surface area contributed by atoms with Crippen molar-refractivity contribution in [3.05, 3.63) is 41.5 Å². The predicted molar refractivity (Wildman–Crippen MR) is 83.3 cm³/mol. The Morgan fingerprint density at radius 1 is 0.727 bits per heavy atom. The van der Waals surface area contributed by atoms with Gasteiger partial charge in [0, 0.05) is 0 Å². The number of aryl methyl sites for hydroxylation is 2. The van der Waals surface area contributed by atoms with Crippen LogP contribution in [0.3, 0.4) is 0 Å². The average Bonchev–Trinajstić information content (AvgIpc) is 2.52. The van der Waals surface area contributed by atoms with Gasteiger partial charge in [-0.15, -0.1) is 0 Å². The van der Waals surface area contributed by atoms with Crippen LogP contribution in [0.1, 0.15) is 11.1 Å². The molecule has 2 rings (SSSR count). The van der Waals surface area contributed by atoms with E-state index in [0.29, 0.717) is 17.9 Å². The quantitative estimate of drug-likeness (QED) is 0.859. The van der Waals surface area contributed by atoms with Crippen LogP contribution in [-0.4, -0.2) is 31.5 Å². The third-order valence-corrected chi connectivity index (χ3v) is 3.46. The smallest absolute Gasteiger partial charge is 0.202 e. The van der Waals surface area contributed by atoms with Gasteiger partial charge in [0.05, 0.1) is 21.3 Å². The molecule has 5 heteroatoms. The second kappa shape index (κ2) is 6.93. The molecule has 0 aromatic heterocycles. The van der Waals surface area contributed by atoms with Crippen LogP contribution in [0.4, 0.5) is 0 Å². The molecule has 0 saturated heterocycles. The lowest BCUT2D eigenvalue weighted by Crippen LogP contribution is -1.95. The Kier molecular flexibility index (Phi) is 4.99. The molecule has 0 bridgehead atoms. The number of methoxy groups -OCH3 is 3. The zero-order valence-corrected chi connectivity index (χ0v) is 12.9. The molecule has 0 aliphatic rings. The van der Waals surface area contributed by atoms with E-state index in [9.17, 15) is 10.2 Å². The van der Waals surface area contributed by atoms with Crippen LogP contribution < -0.4 is 14.2 Å². The summed E-state index contributed by atoms with van der Waals surface area (Å²) in [5, 5.41) is 19.6. The molecular weight excluding hydrogens is 284 g/mol. The Labute approximate surface area is 129 Å². The van der Waals surface area contributed by atoms with Crippen molar-refractivity contribution in [3.63, 3.8) is 0 Å². The minimum Gasteiger partial charge on any atom is -0.504 e. The van der Waals surface area contributed by atoms with Gasteiger partial charge in [-0.1, -0.05) is 6.07 Å². The molecule has 0 radical (unpaired) electrons. The van der Waals surface area contributed by atoms with Gasteiger partial charge in [-0.2, -0.15) is 0 Å². The molecule has 0 saturated carbocycles. The lowest BCUT2D eigenvalue weighted by molar-refractivity contribution is 0.344. The number of phenols is 2. The van der Waals surface area contributed by atoms with E-state index in [1.807, 2.05) is 18.2 Å². The molecule has 0 aliphatic carbocycles. The van der Waals surface area contributed by atoms with Gasteiger partial charge in [0.15, 0.2) is 23.0 Å². The Hall–Kier alpha value is -2.56. The van der Waals surface area contributed by atoms with Crippen LogP contribution in [0, 0.1) is 0 Å². The van der Waals surface area contributed by atoms with E-state index >= 15 is 0 Å². The summed E-state index contributed by atoms with van der Waals surface area (Å²) in [5.74, 6) is 1.33. The first-order valence-electron chi connectivity index (χ1n) is 6.88. The molecule has 0 fully saturated rings. The van der Waals surface area contributed by atoms with E-state index in [0.717, 1.165) is 17.5 Å². The van der Waals surface area contributed by atoms with Gasteiger partial charge in [0.2, 0.25) is 5.75 Å². The number of benzene rings is 2. The fourth-order valence-corrected chi connectivity index (χ4v) is 2.33. The number of ether oxygens (including phenoxy) is 3. The minimum atomic E-state index is -0.0650. The molecule has 5 nitrogen and oxygen atoms in total. The summed E-state index contributed by atoms with van der Waals surface area (Å²) >= 11 is 0. The van der Waals surface area contributed by atoms with Crippen LogP contribution in [0.2, 0.25) is 0 Å². The molecule has 0 unspecified atom stereocenters. The Morgan fingerprint density at radius 2 is 1.32 bits per heavy atom. The predicted octanol–water partition coefficient (Wildman–Crippen LogP) is 2.91. The summed E-state index contributed by atoms with van der Waals surface area (Å²) < 4.78 is 15.4. The number of hydrogen-bond acceptors (Lipinski definition) is 5. The average molecular weight is 304 g/mol. The van der Waals surface area contributed by atoms with Crippen LogP contribution >= 0.6 is 0 Å². The van der Waals surface area contributed by atoms with Crippen LogP contribution in [0.5, 0.6) is 28.7 Å². The van der Waals surface area contributed by atoms with E-state index < -0.39 is 0 Å². The van der Waals surface area contributed by atoms with E-state index in [-0.39, 0.29) is 17.2 Å². The highest BCUT2D eigenvalue weighted by Crippen LogP contribution is 2.37. The fraction of sp³-hybridized carbons (Fsp3) is 0.294. The summed E-state index contributed by atoms with van der Waals surface area (Å²) in [6.45, 7) is 0. The number of aromatic hydroxyl groups is 2. The van der Waals surface area contributed by atoms with Crippen molar-refractivity contribution in [2.24, 2.45) is 0 Å². The molecule has 0 atom stereocenters. The monoisotopic (exact) mass is 304 g/mol. The van der Waals surface area contributed by atoms with E-state index in [1.165, 1.54) is 7.11 Å². The highest BCUT2D eigenvalue weighted by Gasteiger charge is 2.10. The molecule has 0 amide bonds. The Morgan fingerprint density at radius 3 is 1.86 bits per heavy atom. The van der Waals surface area contributed by atoms with Gasteiger partial charge < -0.3 is 24.4 Å². The third kappa shape index (κ3) is 3.36. The van der Waals surface area contributed by atoms with Crippen molar-refractivity contribution in [1.29, 1.82) is 0 Å². The number of rotatable bonds is 6. The third-order valence-electron chi connectivity index (χ3n) is 3.46. The molecule has 2 aromatic rings. The largest absolute Gasteiger partial charge is 0.504 e. The minimum absolute atomic E-state index is 0.0650. The van der Waals surface area contributed by atoms with Gasteiger partial charge in [-0.05, 0) is 48.2 Å². The van der Waals surface area contributed by atoms with E-state index in [2.05, 4.69) is 0 Å².